The number of nitrogens with zero attached hydrogens (tertiary/aromatic N) is 1. The molecule has 21 heavy (non-hydrogen) atoms. The highest BCUT2D eigenvalue weighted by molar-refractivity contribution is 5.94. The molecule has 0 bridgehead atoms. The highest BCUT2D eigenvalue weighted by Crippen LogP contribution is 2.19. The third-order valence-corrected chi connectivity index (χ3v) is 3.51. The van der Waals surface area contributed by atoms with Gasteiger partial charge >= 0.3 is 0 Å². The van der Waals surface area contributed by atoms with Crippen LogP contribution in [0.25, 0.3) is 10.9 Å². The Kier molecular flexibility index (Phi) is 3.31. The number of H-pyrrole nitrogens is 1. The Morgan fingerprint density at radius 2 is 2.14 bits per heavy atom. The second-order valence-corrected chi connectivity index (χ2v) is 5.04. The zero-order chi connectivity index (χ0) is 14.8. The number of carbonyl (C=O) groups is 1. The Morgan fingerprint density at radius 3 is 2.95 bits per heavy atom. The van der Waals surface area contributed by atoms with Crippen LogP contribution in [0, 0.1) is 6.92 Å². The van der Waals surface area contributed by atoms with Crippen LogP contribution in [0.3, 0.4) is 0 Å². The number of hydrogen-bond acceptors (Lipinski definition) is 3. The number of aryl methyl sites for hydroxylation is 1. The summed E-state index contributed by atoms with van der Waals surface area (Å²) < 4.78 is 0. The first-order chi connectivity index (χ1) is 10.1. The molecule has 0 atom stereocenters. The van der Waals surface area contributed by atoms with Crippen LogP contribution in [-0.2, 0) is 6.54 Å². The van der Waals surface area contributed by atoms with Crippen molar-refractivity contribution < 1.29 is 4.79 Å². The van der Waals surface area contributed by atoms with Crippen LogP contribution < -0.4 is 11.1 Å². The van der Waals surface area contributed by atoms with E-state index in [0.717, 1.165) is 27.7 Å². The van der Waals surface area contributed by atoms with Crippen molar-refractivity contribution in [1.82, 2.24) is 10.2 Å². The number of amides is 1. The summed E-state index contributed by atoms with van der Waals surface area (Å²) in [6.45, 7) is 2.66. The fourth-order valence-corrected chi connectivity index (χ4v) is 2.26. The van der Waals surface area contributed by atoms with Gasteiger partial charge in [0, 0.05) is 23.2 Å². The molecular weight excluding hydrogens is 264 g/mol. The molecule has 2 aromatic carbocycles. The molecule has 0 saturated carbocycles. The van der Waals surface area contributed by atoms with Crippen molar-refractivity contribution in [2.45, 2.75) is 13.5 Å². The molecule has 0 aliphatic heterocycles. The number of hydrogen-bond donors (Lipinski definition) is 3. The van der Waals surface area contributed by atoms with Gasteiger partial charge in [-0.3, -0.25) is 9.89 Å². The number of nitrogens with two attached hydrogens (primary N) is 1. The van der Waals surface area contributed by atoms with Gasteiger partial charge in [0.2, 0.25) is 5.91 Å². The average molecular weight is 280 g/mol. The van der Waals surface area contributed by atoms with Crippen molar-refractivity contribution >= 4 is 22.5 Å². The molecule has 3 aromatic rings. The van der Waals surface area contributed by atoms with Crippen molar-refractivity contribution in [1.29, 1.82) is 0 Å². The molecule has 1 heterocycles. The largest absolute Gasteiger partial charge is 0.381 e. The first-order valence-corrected chi connectivity index (χ1v) is 6.70. The normalized spacial score (nSPS) is 10.7. The lowest BCUT2D eigenvalue weighted by atomic mass is 10.1. The lowest BCUT2D eigenvalue weighted by Gasteiger charge is -2.11. The molecule has 0 unspecified atom stereocenters. The van der Waals surface area contributed by atoms with Gasteiger partial charge in [0.05, 0.1) is 11.7 Å². The van der Waals surface area contributed by atoms with Gasteiger partial charge in [0.15, 0.2) is 0 Å². The van der Waals surface area contributed by atoms with Gasteiger partial charge in [-0.2, -0.15) is 5.10 Å². The van der Waals surface area contributed by atoms with Gasteiger partial charge < -0.3 is 11.1 Å². The minimum absolute atomic E-state index is 0.420. The summed E-state index contributed by atoms with van der Waals surface area (Å²) in [5, 5.41) is 11.4. The number of anilines is 1. The predicted molar refractivity (Wildman–Crippen MR) is 83.1 cm³/mol. The van der Waals surface area contributed by atoms with Crippen molar-refractivity contribution in [2.24, 2.45) is 5.73 Å². The van der Waals surface area contributed by atoms with Crippen LogP contribution in [0.5, 0.6) is 0 Å². The Bertz CT molecular complexity index is 807. The van der Waals surface area contributed by atoms with Gasteiger partial charge in [0.25, 0.3) is 0 Å². The zero-order valence-corrected chi connectivity index (χ0v) is 11.7. The van der Waals surface area contributed by atoms with E-state index in [9.17, 15) is 4.79 Å². The fraction of sp³-hybridized carbons (Fsp3) is 0.125. The molecule has 0 saturated heterocycles. The van der Waals surface area contributed by atoms with Crippen molar-refractivity contribution in [3.05, 3.63) is 59.3 Å². The standard InChI is InChI=1S/C16H16N4O/c1-10-2-4-12(16(17)21)7-14(10)18-8-11-3-5-13-9-19-20-15(13)6-11/h2-7,9,18H,8H2,1H3,(H2,17,21)(H,19,20). The third kappa shape index (κ3) is 2.72. The van der Waals surface area contributed by atoms with E-state index in [1.807, 2.05) is 19.1 Å². The number of nitrogens with one attached hydrogen (secondary N) is 2. The SMILES string of the molecule is Cc1ccc(C(N)=O)cc1NCc1ccc2cn[nH]c2c1. The van der Waals surface area contributed by atoms with Crippen LogP contribution in [-0.4, -0.2) is 16.1 Å². The van der Waals surface area contributed by atoms with Crippen LogP contribution in [0.2, 0.25) is 0 Å². The lowest BCUT2D eigenvalue weighted by Crippen LogP contribution is -2.11. The van der Waals surface area contributed by atoms with Crippen molar-refractivity contribution in [2.75, 3.05) is 5.32 Å². The Labute approximate surface area is 122 Å². The maximum atomic E-state index is 11.2. The number of benzene rings is 2. The summed E-state index contributed by atoms with van der Waals surface area (Å²) in [6, 6.07) is 11.6. The number of rotatable bonds is 4. The second-order valence-electron chi connectivity index (χ2n) is 5.04. The van der Waals surface area contributed by atoms with E-state index in [0.29, 0.717) is 12.1 Å². The lowest BCUT2D eigenvalue weighted by molar-refractivity contribution is 0.100. The first-order valence-electron chi connectivity index (χ1n) is 6.70. The van der Waals surface area contributed by atoms with E-state index >= 15 is 0 Å². The van der Waals surface area contributed by atoms with E-state index in [-0.39, 0.29) is 0 Å². The van der Waals surface area contributed by atoms with Crippen molar-refractivity contribution in [3.8, 4) is 0 Å². The maximum absolute atomic E-state index is 11.2. The number of fused-ring (bicyclic) bond motifs is 1. The first kappa shape index (κ1) is 13.2. The highest BCUT2D eigenvalue weighted by Gasteiger charge is 2.05. The summed E-state index contributed by atoms with van der Waals surface area (Å²) >= 11 is 0. The van der Waals surface area contributed by atoms with E-state index in [4.69, 9.17) is 5.73 Å². The molecule has 4 N–H and O–H groups in total. The molecule has 106 valence electrons. The van der Waals surface area contributed by atoms with E-state index in [2.05, 4.69) is 27.6 Å². The van der Waals surface area contributed by atoms with Gasteiger partial charge in [-0.05, 0) is 36.2 Å². The molecule has 1 aromatic heterocycles. The Balaban J connectivity index is 1.80. The van der Waals surface area contributed by atoms with Gasteiger partial charge in [-0.1, -0.05) is 18.2 Å². The average Bonchev–Trinajstić information content (AvgIpc) is 2.93. The van der Waals surface area contributed by atoms with Crippen LogP contribution in [0.15, 0.2) is 42.6 Å². The van der Waals surface area contributed by atoms with Gasteiger partial charge in [-0.25, -0.2) is 0 Å². The van der Waals surface area contributed by atoms with Gasteiger partial charge in [0.1, 0.15) is 0 Å². The van der Waals surface area contributed by atoms with Crippen LogP contribution >= 0.6 is 0 Å². The third-order valence-electron chi connectivity index (χ3n) is 3.51. The molecule has 1 amide bonds. The quantitative estimate of drug-likeness (QED) is 0.686. The number of aromatic nitrogens is 2. The molecule has 0 aliphatic rings. The number of primary amides is 1. The van der Waals surface area contributed by atoms with Crippen LogP contribution in [0.1, 0.15) is 21.5 Å². The van der Waals surface area contributed by atoms with Crippen LogP contribution in [0.4, 0.5) is 5.69 Å². The molecule has 0 spiro atoms. The maximum Gasteiger partial charge on any atom is 0.248 e. The molecule has 0 radical (unpaired) electrons. The molecule has 5 heteroatoms. The molecule has 5 nitrogen and oxygen atoms in total. The van der Waals surface area contributed by atoms with E-state index in [1.54, 1.807) is 18.3 Å². The number of aromatic amines is 1. The van der Waals surface area contributed by atoms with Crippen molar-refractivity contribution in [3.63, 3.8) is 0 Å². The molecule has 3 rings (SSSR count). The van der Waals surface area contributed by atoms with E-state index in [1.165, 1.54) is 0 Å². The second kappa shape index (κ2) is 5.28. The summed E-state index contributed by atoms with van der Waals surface area (Å²) in [7, 11) is 0. The Hall–Kier alpha value is -2.82. The molecular formula is C16H16N4O. The molecule has 0 fully saturated rings. The zero-order valence-electron chi connectivity index (χ0n) is 11.7. The Morgan fingerprint density at radius 1 is 1.29 bits per heavy atom. The molecule has 0 aliphatic carbocycles. The van der Waals surface area contributed by atoms with E-state index < -0.39 is 5.91 Å². The fourth-order valence-electron chi connectivity index (χ4n) is 2.26. The summed E-state index contributed by atoms with van der Waals surface area (Å²) in [5.74, 6) is -0.420. The summed E-state index contributed by atoms with van der Waals surface area (Å²) in [4.78, 5) is 11.2. The highest BCUT2D eigenvalue weighted by atomic mass is 16.1. The van der Waals surface area contributed by atoms with Gasteiger partial charge in [-0.15, -0.1) is 0 Å². The minimum Gasteiger partial charge on any atom is -0.381 e. The smallest absolute Gasteiger partial charge is 0.248 e. The predicted octanol–water partition coefficient (Wildman–Crippen LogP) is 2.58. The number of carbonyl (C=O) groups excluding carboxylic acids is 1. The minimum atomic E-state index is -0.420. The topological polar surface area (TPSA) is 83.8 Å². The summed E-state index contributed by atoms with van der Waals surface area (Å²) in [6.07, 6.45) is 1.80. The summed E-state index contributed by atoms with van der Waals surface area (Å²) in [5.41, 5.74) is 9.95. The monoisotopic (exact) mass is 280 g/mol.